The molecule has 1 aromatic heterocycles. The molecule has 0 fully saturated rings. The van der Waals surface area contributed by atoms with E-state index in [0.29, 0.717) is 0 Å². The van der Waals surface area contributed by atoms with Crippen LogP contribution in [-0.4, -0.2) is 23.6 Å². The van der Waals surface area contributed by atoms with Crippen LogP contribution in [0.15, 0.2) is 36.7 Å². The first-order chi connectivity index (χ1) is 9.28. The van der Waals surface area contributed by atoms with Gasteiger partial charge in [0.2, 0.25) is 0 Å². The van der Waals surface area contributed by atoms with Gasteiger partial charge in [-0.15, -0.1) is 0 Å². The minimum Gasteiger partial charge on any atom is -0.497 e. The van der Waals surface area contributed by atoms with Crippen LogP contribution >= 0.6 is 0 Å². The molecule has 1 heterocycles. The fourth-order valence-corrected chi connectivity index (χ4v) is 1.85. The van der Waals surface area contributed by atoms with E-state index in [0.717, 1.165) is 36.6 Å². The lowest BCUT2D eigenvalue weighted by Crippen LogP contribution is -2.05. The number of rotatable bonds is 6. The van der Waals surface area contributed by atoms with Gasteiger partial charge in [0.15, 0.2) is 0 Å². The predicted octanol–water partition coefficient (Wildman–Crippen LogP) is 2.84. The van der Waals surface area contributed by atoms with E-state index in [2.05, 4.69) is 27.4 Å². The predicted molar refractivity (Wildman–Crippen MR) is 76.6 cm³/mol. The van der Waals surface area contributed by atoms with E-state index < -0.39 is 0 Å². The zero-order valence-electron chi connectivity index (χ0n) is 11.4. The van der Waals surface area contributed by atoms with Gasteiger partial charge < -0.3 is 10.1 Å². The smallest absolute Gasteiger partial charge is 0.144 e. The number of nitrogens with one attached hydrogen (secondary N) is 1. The molecule has 19 heavy (non-hydrogen) atoms. The molecule has 2 rings (SSSR count). The van der Waals surface area contributed by atoms with Gasteiger partial charge >= 0.3 is 0 Å². The molecule has 0 atom stereocenters. The molecule has 0 saturated heterocycles. The van der Waals surface area contributed by atoms with Gasteiger partial charge in [0, 0.05) is 12.7 Å². The first-order valence-electron chi connectivity index (χ1n) is 6.43. The molecule has 4 heteroatoms. The van der Waals surface area contributed by atoms with Crippen LogP contribution in [0.5, 0.6) is 5.75 Å². The van der Waals surface area contributed by atoms with Gasteiger partial charge in [0.25, 0.3) is 0 Å². The van der Waals surface area contributed by atoms with Crippen LogP contribution in [0.1, 0.15) is 17.7 Å². The molecule has 0 bridgehead atoms. The van der Waals surface area contributed by atoms with Gasteiger partial charge in [0.1, 0.15) is 11.6 Å². The van der Waals surface area contributed by atoms with Crippen LogP contribution in [0.2, 0.25) is 0 Å². The van der Waals surface area contributed by atoms with Gasteiger partial charge in [0.05, 0.1) is 19.0 Å². The van der Waals surface area contributed by atoms with Gasteiger partial charge in [-0.1, -0.05) is 12.1 Å². The van der Waals surface area contributed by atoms with Crippen LogP contribution < -0.4 is 10.1 Å². The van der Waals surface area contributed by atoms with E-state index in [-0.39, 0.29) is 0 Å². The molecule has 0 radical (unpaired) electrons. The average molecular weight is 257 g/mol. The Kier molecular flexibility index (Phi) is 4.72. The van der Waals surface area contributed by atoms with Crippen molar-refractivity contribution < 1.29 is 4.74 Å². The summed E-state index contributed by atoms with van der Waals surface area (Å²) in [6.45, 7) is 2.83. The summed E-state index contributed by atoms with van der Waals surface area (Å²) in [4.78, 5) is 8.45. The Balaban J connectivity index is 1.74. The van der Waals surface area contributed by atoms with Gasteiger partial charge in [-0.3, -0.25) is 4.98 Å². The average Bonchev–Trinajstić information content (AvgIpc) is 2.44. The molecular formula is C15H19N3O. The van der Waals surface area contributed by atoms with Crippen molar-refractivity contribution in [3.8, 4) is 5.75 Å². The summed E-state index contributed by atoms with van der Waals surface area (Å²) >= 11 is 0. The van der Waals surface area contributed by atoms with Crippen molar-refractivity contribution in [2.45, 2.75) is 19.8 Å². The third kappa shape index (κ3) is 4.25. The number of anilines is 1. The van der Waals surface area contributed by atoms with E-state index in [1.807, 2.05) is 19.1 Å². The summed E-state index contributed by atoms with van der Waals surface area (Å²) in [5, 5.41) is 3.28. The highest BCUT2D eigenvalue weighted by atomic mass is 16.5. The molecule has 4 nitrogen and oxygen atoms in total. The lowest BCUT2D eigenvalue weighted by Gasteiger charge is -2.06. The molecule has 2 aromatic rings. The molecule has 100 valence electrons. The summed E-state index contributed by atoms with van der Waals surface area (Å²) in [5.41, 5.74) is 2.25. The molecule has 0 unspecified atom stereocenters. The highest BCUT2D eigenvalue weighted by Gasteiger charge is 1.97. The lowest BCUT2D eigenvalue weighted by molar-refractivity contribution is 0.414. The minimum absolute atomic E-state index is 0.842. The van der Waals surface area contributed by atoms with Gasteiger partial charge in [-0.2, -0.15) is 0 Å². The fraction of sp³-hybridized carbons (Fsp3) is 0.333. The molecule has 0 amide bonds. The monoisotopic (exact) mass is 257 g/mol. The minimum atomic E-state index is 0.842. The Morgan fingerprint density at radius 2 is 1.95 bits per heavy atom. The van der Waals surface area contributed by atoms with Crippen molar-refractivity contribution in [1.29, 1.82) is 0 Å². The van der Waals surface area contributed by atoms with E-state index in [4.69, 9.17) is 4.74 Å². The van der Waals surface area contributed by atoms with Crippen LogP contribution in [0.25, 0.3) is 0 Å². The van der Waals surface area contributed by atoms with Gasteiger partial charge in [-0.05, 0) is 37.5 Å². The Morgan fingerprint density at radius 1 is 1.16 bits per heavy atom. The first kappa shape index (κ1) is 13.3. The second-order valence-electron chi connectivity index (χ2n) is 4.42. The standard InChI is InChI=1S/C15H19N3O/c1-12-10-16-11-15(18-12)17-9-3-4-13-5-7-14(19-2)8-6-13/h5-8,10-11H,3-4,9H2,1-2H3,(H,17,18). The van der Waals surface area contributed by atoms with Crippen molar-refractivity contribution >= 4 is 5.82 Å². The molecule has 1 N–H and O–H groups in total. The summed E-state index contributed by atoms with van der Waals surface area (Å²) in [6.07, 6.45) is 5.60. The SMILES string of the molecule is COc1ccc(CCCNc2cncc(C)n2)cc1. The molecule has 0 saturated carbocycles. The Bertz CT molecular complexity index is 511. The van der Waals surface area contributed by atoms with Crippen molar-refractivity contribution in [1.82, 2.24) is 9.97 Å². The molecular weight excluding hydrogens is 238 g/mol. The molecule has 1 aromatic carbocycles. The zero-order valence-corrected chi connectivity index (χ0v) is 11.4. The topological polar surface area (TPSA) is 47.0 Å². The maximum atomic E-state index is 5.14. The van der Waals surface area contributed by atoms with Crippen LogP contribution in [0, 0.1) is 6.92 Å². The Hall–Kier alpha value is -2.10. The second-order valence-corrected chi connectivity index (χ2v) is 4.42. The number of nitrogens with zero attached hydrogens (tertiary/aromatic N) is 2. The van der Waals surface area contributed by atoms with Crippen molar-refractivity contribution in [3.63, 3.8) is 0 Å². The van der Waals surface area contributed by atoms with E-state index in [9.17, 15) is 0 Å². The summed E-state index contributed by atoms with van der Waals surface area (Å²) in [7, 11) is 1.68. The normalized spacial score (nSPS) is 10.2. The van der Waals surface area contributed by atoms with E-state index >= 15 is 0 Å². The third-order valence-electron chi connectivity index (χ3n) is 2.86. The van der Waals surface area contributed by atoms with Gasteiger partial charge in [-0.25, -0.2) is 4.98 Å². The summed E-state index contributed by atoms with van der Waals surface area (Å²) < 4.78 is 5.14. The Morgan fingerprint density at radius 3 is 2.63 bits per heavy atom. The van der Waals surface area contributed by atoms with Crippen molar-refractivity contribution in [2.24, 2.45) is 0 Å². The van der Waals surface area contributed by atoms with E-state index in [1.54, 1.807) is 19.5 Å². The fourth-order valence-electron chi connectivity index (χ4n) is 1.85. The number of ether oxygens (including phenoxy) is 1. The Labute approximate surface area is 113 Å². The zero-order chi connectivity index (χ0) is 13.5. The molecule has 0 aliphatic heterocycles. The summed E-state index contributed by atoms with van der Waals surface area (Å²) in [6, 6.07) is 8.19. The molecule has 0 aliphatic carbocycles. The highest BCUT2D eigenvalue weighted by Crippen LogP contribution is 2.12. The van der Waals surface area contributed by atoms with Crippen LogP contribution in [-0.2, 0) is 6.42 Å². The number of aryl methyl sites for hydroxylation is 2. The quantitative estimate of drug-likeness (QED) is 0.808. The maximum absolute atomic E-state index is 5.14. The summed E-state index contributed by atoms with van der Waals surface area (Å²) in [5.74, 6) is 1.74. The van der Waals surface area contributed by atoms with E-state index in [1.165, 1.54) is 5.56 Å². The van der Waals surface area contributed by atoms with Crippen molar-refractivity contribution in [2.75, 3.05) is 19.0 Å². The maximum Gasteiger partial charge on any atom is 0.144 e. The largest absolute Gasteiger partial charge is 0.497 e. The third-order valence-corrected chi connectivity index (χ3v) is 2.86. The number of hydrogen-bond acceptors (Lipinski definition) is 4. The molecule has 0 aliphatic rings. The number of methoxy groups -OCH3 is 1. The molecule has 0 spiro atoms. The number of aromatic nitrogens is 2. The highest BCUT2D eigenvalue weighted by molar-refractivity contribution is 5.31. The second kappa shape index (κ2) is 6.73. The van der Waals surface area contributed by atoms with Crippen LogP contribution in [0.4, 0.5) is 5.82 Å². The van der Waals surface area contributed by atoms with Crippen molar-refractivity contribution in [3.05, 3.63) is 47.9 Å². The first-order valence-corrected chi connectivity index (χ1v) is 6.43. The number of hydrogen-bond donors (Lipinski definition) is 1. The van der Waals surface area contributed by atoms with Crippen LogP contribution in [0.3, 0.4) is 0 Å². The number of benzene rings is 1. The lowest BCUT2D eigenvalue weighted by atomic mass is 10.1.